The van der Waals surface area contributed by atoms with E-state index in [4.69, 9.17) is 5.14 Å². The fourth-order valence-electron chi connectivity index (χ4n) is 2.46. The van der Waals surface area contributed by atoms with Crippen molar-refractivity contribution in [3.05, 3.63) is 59.7 Å². The minimum absolute atomic E-state index is 0.0596. The predicted octanol–water partition coefficient (Wildman–Crippen LogP) is 2.67. The topological polar surface area (TPSA) is 106 Å². The second-order valence-corrected chi connectivity index (χ2v) is 10.5. The van der Waals surface area contributed by atoms with Crippen LogP contribution in [0.4, 0.5) is 0 Å². The lowest BCUT2D eigenvalue weighted by atomic mass is 9.87. The molecule has 1 atom stereocenters. The molecule has 0 aliphatic heterocycles. The van der Waals surface area contributed by atoms with Crippen molar-refractivity contribution >= 4 is 20.0 Å². The average molecular weight is 397 g/mol. The van der Waals surface area contributed by atoms with Crippen LogP contribution >= 0.6 is 0 Å². The van der Waals surface area contributed by atoms with Gasteiger partial charge in [0.1, 0.15) is 0 Å². The van der Waals surface area contributed by atoms with E-state index in [1.54, 1.807) is 37.3 Å². The van der Waals surface area contributed by atoms with Gasteiger partial charge < -0.3 is 0 Å². The summed E-state index contributed by atoms with van der Waals surface area (Å²) >= 11 is 0. The van der Waals surface area contributed by atoms with Gasteiger partial charge >= 0.3 is 0 Å². The normalized spacial score (nSPS) is 14.2. The van der Waals surface area contributed by atoms with Gasteiger partial charge in [0.25, 0.3) is 0 Å². The zero-order valence-electron chi connectivity index (χ0n) is 15.2. The molecule has 2 rings (SSSR count). The van der Waals surface area contributed by atoms with Gasteiger partial charge in [-0.2, -0.15) is 0 Å². The standard InChI is InChI=1S/C18H24N2O4S2/c1-13(14-6-5-7-17(12-14)25(19,21)22)20-26(23,24)16-10-8-15(9-11-16)18(2,3)4/h5-13,20H,1-4H3,(H2,19,21,22). The molecule has 0 amide bonds. The Hall–Kier alpha value is -1.74. The summed E-state index contributed by atoms with van der Waals surface area (Å²) in [5.74, 6) is 0. The van der Waals surface area contributed by atoms with Gasteiger partial charge in [-0.3, -0.25) is 0 Å². The summed E-state index contributed by atoms with van der Waals surface area (Å²) in [6.45, 7) is 7.79. The zero-order valence-corrected chi connectivity index (χ0v) is 16.9. The number of primary sulfonamides is 1. The van der Waals surface area contributed by atoms with Crippen LogP contribution in [0.3, 0.4) is 0 Å². The van der Waals surface area contributed by atoms with Gasteiger partial charge in [-0.1, -0.05) is 45.0 Å². The second kappa shape index (κ2) is 7.11. The largest absolute Gasteiger partial charge is 0.241 e. The summed E-state index contributed by atoms with van der Waals surface area (Å²) in [4.78, 5) is 0.0931. The molecular weight excluding hydrogens is 372 g/mol. The molecule has 26 heavy (non-hydrogen) atoms. The number of hydrogen-bond acceptors (Lipinski definition) is 4. The quantitative estimate of drug-likeness (QED) is 0.810. The molecule has 2 aromatic carbocycles. The zero-order chi connectivity index (χ0) is 19.8. The lowest BCUT2D eigenvalue weighted by molar-refractivity contribution is 0.565. The van der Waals surface area contributed by atoms with Crippen molar-refractivity contribution in [3.8, 4) is 0 Å². The first-order valence-electron chi connectivity index (χ1n) is 8.06. The Labute approximate surface area is 155 Å². The Balaban J connectivity index is 2.26. The lowest BCUT2D eigenvalue weighted by Crippen LogP contribution is -2.27. The first-order valence-corrected chi connectivity index (χ1v) is 11.1. The summed E-state index contributed by atoms with van der Waals surface area (Å²) in [7, 11) is -7.60. The molecule has 0 spiro atoms. The molecule has 0 aromatic heterocycles. The number of benzene rings is 2. The van der Waals surface area contributed by atoms with Crippen LogP contribution in [0.2, 0.25) is 0 Å². The Morgan fingerprint density at radius 2 is 1.50 bits per heavy atom. The van der Waals surface area contributed by atoms with Crippen molar-refractivity contribution in [1.82, 2.24) is 4.72 Å². The fraction of sp³-hybridized carbons (Fsp3) is 0.333. The van der Waals surface area contributed by atoms with Crippen LogP contribution in [0.1, 0.15) is 44.9 Å². The molecule has 2 aromatic rings. The van der Waals surface area contributed by atoms with Crippen molar-refractivity contribution < 1.29 is 16.8 Å². The van der Waals surface area contributed by atoms with E-state index in [2.05, 4.69) is 25.5 Å². The van der Waals surface area contributed by atoms with Crippen LogP contribution in [-0.2, 0) is 25.5 Å². The van der Waals surface area contributed by atoms with Crippen molar-refractivity contribution in [1.29, 1.82) is 0 Å². The van der Waals surface area contributed by atoms with Gasteiger partial charge in [0.2, 0.25) is 20.0 Å². The van der Waals surface area contributed by atoms with Crippen LogP contribution in [0.15, 0.2) is 58.3 Å². The molecule has 0 aliphatic carbocycles. The molecule has 142 valence electrons. The number of hydrogen-bond donors (Lipinski definition) is 2. The van der Waals surface area contributed by atoms with Crippen LogP contribution in [0, 0.1) is 0 Å². The summed E-state index contributed by atoms with van der Waals surface area (Å²) in [6, 6.07) is 12.0. The predicted molar refractivity (Wildman–Crippen MR) is 102 cm³/mol. The summed E-state index contributed by atoms with van der Waals surface area (Å²) in [5.41, 5.74) is 1.47. The maximum atomic E-state index is 12.6. The minimum Gasteiger partial charge on any atom is -0.225 e. The highest BCUT2D eigenvalue weighted by Gasteiger charge is 2.21. The summed E-state index contributed by atoms with van der Waals surface area (Å²) in [6.07, 6.45) is 0. The van der Waals surface area contributed by atoms with Crippen molar-refractivity contribution in [2.75, 3.05) is 0 Å². The van der Waals surface area contributed by atoms with E-state index in [9.17, 15) is 16.8 Å². The van der Waals surface area contributed by atoms with Gasteiger partial charge in [0.15, 0.2) is 0 Å². The fourth-order valence-corrected chi connectivity index (χ4v) is 4.26. The number of rotatable bonds is 5. The van der Waals surface area contributed by atoms with E-state index in [1.165, 1.54) is 18.2 Å². The van der Waals surface area contributed by atoms with Crippen molar-refractivity contribution in [2.24, 2.45) is 5.14 Å². The Bertz CT molecular complexity index is 990. The van der Waals surface area contributed by atoms with E-state index in [0.717, 1.165) is 5.56 Å². The van der Waals surface area contributed by atoms with E-state index in [1.807, 2.05) is 0 Å². The Kier molecular flexibility index (Phi) is 5.63. The smallest absolute Gasteiger partial charge is 0.225 e. The molecule has 3 N–H and O–H groups in total. The van der Waals surface area contributed by atoms with Gasteiger partial charge in [0.05, 0.1) is 9.79 Å². The molecule has 0 radical (unpaired) electrons. The third kappa shape index (κ3) is 4.91. The van der Waals surface area contributed by atoms with E-state index in [-0.39, 0.29) is 15.2 Å². The highest BCUT2D eigenvalue weighted by molar-refractivity contribution is 7.89. The van der Waals surface area contributed by atoms with E-state index < -0.39 is 26.1 Å². The van der Waals surface area contributed by atoms with Crippen LogP contribution in [0.25, 0.3) is 0 Å². The molecule has 0 bridgehead atoms. The number of nitrogens with one attached hydrogen (secondary N) is 1. The first kappa shape index (κ1) is 20.6. The van der Waals surface area contributed by atoms with Crippen molar-refractivity contribution in [2.45, 2.75) is 48.9 Å². The molecule has 0 saturated carbocycles. The number of sulfonamides is 2. The molecule has 0 fully saturated rings. The third-order valence-electron chi connectivity index (χ3n) is 4.05. The molecule has 0 saturated heterocycles. The minimum atomic E-state index is -3.85. The Morgan fingerprint density at radius 3 is 2.00 bits per heavy atom. The monoisotopic (exact) mass is 396 g/mol. The van der Waals surface area contributed by atoms with Gasteiger partial charge in [-0.15, -0.1) is 0 Å². The van der Waals surface area contributed by atoms with Gasteiger partial charge in [-0.05, 0) is 47.7 Å². The average Bonchev–Trinajstić information content (AvgIpc) is 2.53. The highest BCUT2D eigenvalue weighted by Crippen LogP contribution is 2.24. The summed E-state index contributed by atoms with van der Waals surface area (Å²) < 4.78 is 50.7. The Morgan fingerprint density at radius 1 is 0.923 bits per heavy atom. The highest BCUT2D eigenvalue weighted by atomic mass is 32.2. The molecule has 8 heteroatoms. The third-order valence-corrected chi connectivity index (χ3v) is 6.52. The van der Waals surface area contributed by atoms with Crippen LogP contribution in [0.5, 0.6) is 0 Å². The summed E-state index contributed by atoms with van der Waals surface area (Å²) in [5, 5.41) is 5.13. The molecule has 1 unspecified atom stereocenters. The maximum absolute atomic E-state index is 12.6. The lowest BCUT2D eigenvalue weighted by Gasteiger charge is -2.20. The SMILES string of the molecule is CC(NS(=O)(=O)c1ccc(C(C)(C)C)cc1)c1cccc(S(N)(=O)=O)c1. The van der Waals surface area contributed by atoms with Crippen LogP contribution in [-0.4, -0.2) is 16.8 Å². The van der Waals surface area contributed by atoms with Gasteiger partial charge in [0, 0.05) is 6.04 Å². The van der Waals surface area contributed by atoms with Crippen LogP contribution < -0.4 is 9.86 Å². The molecule has 0 aliphatic rings. The van der Waals surface area contributed by atoms with Gasteiger partial charge in [-0.25, -0.2) is 26.7 Å². The van der Waals surface area contributed by atoms with Crippen molar-refractivity contribution in [3.63, 3.8) is 0 Å². The second-order valence-electron chi connectivity index (χ2n) is 7.23. The maximum Gasteiger partial charge on any atom is 0.241 e. The molecule has 6 nitrogen and oxygen atoms in total. The molecular formula is C18H24N2O4S2. The van der Waals surface area contributed by atoms with E-state index >= 15 is 0 Å². The first-order chi connectivity index (χ1) is 11.8. The van der Waals surface area contributed by atoms with E-state index in [0.29, 0.717) is 5.56 Å². The number of nitrogens with two attached hydrogens (primary N) is 1. The molecule has 0 heterocycles.